The average Bonchev–Trinajstić information content (AvgIpc) is 2.66. The van der Waals surface area contributed by atoms with Crippen molar-refractivity contribution in [2.45, 2.75) is 47.0 Å². The maximum absolute atomic E-state index is 3.66. The zero-order chi connectivity index (χ0) is 13.8. The number of benzene rings is 1. The highest BCUT2D eigenvalue weighted by Gasteiger charge is 2.30. The van der Waals surface area contributed by atoms with E-state index in [9.17, 15) is 0 Å². The third-order valence-electron chi connectivity index (χ3n) is 4.68. The molecule has 2 aromatic rings. The molecule has 0 aliphatic heterocycles. The Balaban J connectivity index is 2.13. The number of aromatic amines is 1. The quantitative estimate of drug-likeness (QED) is 0.670. The Morgan fingerprint density at radius 3 is 2.68 bits per heavy atom. The first-order chi connectivity index (χ1) is 8.86. The van der Waals surface area contributed by atoms with Crippen molar-refractivity contribution >= 4 is 26.8 Å². The van der Waals surface area contributed by atoms with Crippen LogP contribution in [0.25, 0.3) is 10.9 Å². The lowest BCUT2D eigenvalue weighted by Crippen LogP contribution is -2.26. The summed E-state index contributed by atoms with van der Waals surface area (Å²) in [6, 6.07) is 4.48. The molecule has 1 aliphatic carbocycles. The Kier molecular flexibility index (Phi) is 3.05. The van der Waals surface area contributed by atoms with Gasteiger partial charge in [0.15, 0.2) is 0 Å². The van der Waals surface area contributed by atoms with Crippen molar-refractivity contribution in [2.75, 3.05) is 0 Å². The zero-order valence-electron chi connectivity index (χ0n) is 12.2. The molecule has 1 nitrogen and oxygen atoms in total. The van der Waals surface area contributed by atoms with Crippen LogP contribution in [-0.2, 0) is 12.8 Å². The van der Waals surface area contributed by atoms with Gasteiger partial charge in [-0.05, 0) is 60.8 Å². The van der Waals surface area contributed by atoms with E-state index in [4.69, 9.17) is 0 Å². The molecule has 0 radical (unpaired) electrons. The fraction of sp³-hybridized carbons (Fsp3) is 0.529. The molecule has 0 saturated carbocycles. The number of halogens is 1. The first kappa shape index (κ1) is 13.2. The minimum atomic E-state index is 0.405. The summed E-state index contributed by atoms with van der Waals surface area (Å²) in [5.41, 5.74) is 6.11. The SMILES string of the molecule is Cc1cc(Br)cc2c3c([nH]c12)CCC(C(C)(C)C)C3. The number of hydrogen-bond donors (Lipinski definition) is 1. The average molecular weight is 320 g/mol. The van der Waals surface area contributed by atoms with Gasteiger partial charge in [-0.15, -0.1) is 0 Å². The fourth-order valence-electron chi connectivity index (χ4n) is 3.39. The molecular formula is C17H22BrN. The molecule has 1 N–H and O–H groups in total. The van der Waals surface area contributed by atoms with Gasteiger partial charge in [0.1, 0.15) is 0 Å². The van der Waals surface area contributed by atoms with Crippen LogP contribution in [0.2, 0.25) is 0 Å². The number of aryl methyl sites for hydroxylation is 2. The van der Waals surface area contributed by atoms with Crippen LogP contribution >= 0.6 is 15.9 Å². The molecule has 1 aromatic carbocycles. The molecule has 1 atom stereocenters. The molecule has 0 spiro atoms. The summed E-state index contributed by atoms with van der Waals surface area (Å²) in [5, 5.41) is 1.43. The summed E-state index contributed by atoms with van der Waals surface area (Å²) >= 11 is 3.64. The van der Waals surface area contributed by atoms with Gasteiger partial charge in [0, 0.05) is 21.1 Å². The molecule has 102 valence electrons. The zero-order valence-corrected chi connectivity index (χ0v) is 13.8. The first-order valence-corrected chi connectivity index (χ1v) is 7.95. The van der Waals surface area contributed by atoms with Gasteiger partial charge < -0.3 is 4.98 Å². The highest BCUT2D eigenvalue weighted by atomic mass is 79.9. The summed E-state index contributed by atoms with van der Waals surface area (Å²) < 4.78 is 1.19. The Labute approximate surface area is 123 Å². The third kappa shape index (κ3) is 2.24. The highest BCUT2D eigenvalue weighted by Crippen LogP contribution is 2.40. The van der Waals surface area contributed by atoms with Crippen LogP contribution in [0, 0.1) is 18.3 Å². The fourth-order valence-corrected chi connectivity index (χ4v) is 3.96. The van der Waals surface area contributed by atoms with Gasteiger partial charge in [0.2, 0.25) is 0 Å². The van der Waals surface area contributed by atoms with Crippen LogP contribution in [0.5, 0.6) is 0 Å². The number of H-pyrrole nitrogens is 1. The summed E-state index contributed by atoms with van der Waals surface area (Å²) in [7, 11) is 0. The van der Waals surface area contributed by atoms with E-state index >= 15 is 0 Å². The smallest absolute Gasteiger partial charge is 0.0489 e. The van der Waals surface area contributed by atoms with Gasteiger partial charge in [-0.1, -0.05) is 36.7 Å². The maximum atomic E-state index is 3.66. The van der Waals surface area contributed by atoms with E-state index in [2.05, 4.69) is 60.7 Å². The molecule has 1 heterocycles. The molecular weight excluding hydrogens is 298 g/mol. The van der Waals surface area contributed by atoms with Crippen molar-refractivity contribution in [1.29, 1.82) is 0 Å². The summed E-state index contributed by atoms with van der Waals surface area (Å²) in [4.78, 5) is 3.66. The Hall–Kier alpha value is -0.760. The monoisotopic (exact) mass is 319 g/mol. The van der Waals surface area contributed by atoms with Crippen molar-refractivity contribution in [3.8, 4) is 0 Å². The lowest BCUT2D eigenvalue weighted by Gasteiger charge is -2.34. The third-order valence-corrected chi connectivity index (χ3v) is 5.14. The standard InChI is InChI=1S/C17H22BrN/c1-10-7-12(18)9-14-13-8-11(17(2,3)4)5-6-15(13)19-16(10)14/h7,9,11,19H,5-6,8H2,1-4H3. The second-order valence-corrected chi connectivity index (χ2v) is 7.95. The van der Waals surface area contributed by atoms with Crippen LogP contribution in [0.1, 0.15) is 44.0 Å². The van der Waals surface area contributed by atoms with Crippen LogP contribution in [0.4, 0.5) is 0 Å². The number of hydrogen-bond acceptors (Lipinski definition) is 0. The second kappa shape index (κ2) is 4.37. The summed E-state index contributed by atoms with van der Waals surface area (Å²) in [6.45, 7) is 9.31. The molecule has 1 aromatic heterocycles. The Bertz CT molecular complexity index is 631. The first-order valence-electron chi connectivity index (χ1n) is 7.16. The van der Waals surface area contributed by atoms with Crippen molar-refractivity contribution < 1.29 is 0 Å². The number of fused-ring (bicyclic) bond motifs is 3. The van der Waals surface area contributed by atoms with Crippen LogP contribution in [-0.4, -0.2) is 4.98 Å². The molecule has 19 heavy (non-hydrogen) atoms. The Morgan fingerprint density at radius 2 is 2.00 bits per heavy atom. The lowest BCUT2D eigenvalue weighted by molar-refractivity contribution is 0.216. The molecule has 0 fully saturated rings. The van der Waals surface area contributed by atoms with E-state index in [1.165, 1.54) is 45.9 Å². The van der Waals surface area contributed by atoms with Gasteiger partial charge >= 0.3 is 0 Å². The number of aromatic nitrogens is 1. The van der Waals surface area contributed by atoms with Crippen molar-refractivity contribution in [3.05, 3.63) is 33.4 Å². The van der Waals surface area contributed by atoms with E-state index in [0.29, 0.717) is 5.41 Å². The van der Waals surface area contributed by atoms with Crippen LogP contribution < -0.4 is 0 Å². The van der Waals surface area contributed by atoms with Gasteiger partial charge in [-0.25, -0.2) is 0 Å². The number of nitrogens with one attached hydrogen (secondary N) is 1. The van der Waals surface area contributed by atoms with E-state index in [0.717, 1.165) is 5.92 Å². The van der Waals surface area contributed by atoms with Gasteiger partial charge in [-0.2, -0.15) is 0 Å². The van der Waals surface area contributed by atoms with E-state index in [1.807, 2.05) is 0 Å². The molecule has 0 bridgehead atoms. The van der Waals surface area contributed by atoms with E-state index in [1.54, 1.807) is 5.56 Å². The molecule has 3 rings (SSSR count). The molecule has 1 unspecified atom stereocenters. The Morgan fingerprint density at radius 1 is 1.26 bits per heavy atom. The predicted molar refractivity (Wildman–Crippen MR) is 85.7 cm³/mol. The van der Waals surface area contributed by atoms with Crippen LogP contribution in [0.3, 0.4) is 0 Å². The maximum Gasteiger partial charge on any atom is 0.0489 e. The topological polar surface area (TPSA) is 15.8 Å². The summed E-state index contributed by atoms with van der Waals surface area (Å²) in [5.74, 6) is 0.790. The highest BCUT2D eigenvalue weighted by molar-refractivity contribution is 9.10. The van der Waals surface area contributed by atoms with Crippen molar-refractivity contribution in [1.82, 2.24) is 4.98 Å². The van der Waals surface area contributed by atoms with Crippen LogP contribution in [0.15, 0.2) is 16.6 Å². The normalized spacial score (nSPS) is 19.7. The van der Waals surface area contributed by atoms with Gasteiger partial charge in [0.25, 0.3) is 0 Å². The van der Waals surface area contributed by atoms with E-state index < -0.39 is 0 Å². The molecule has 2 heteroatoms. The number of rotatable bonds is 0. The molecule has 1 aliphatic rings. The second-order valence-electron chi connectivity index (χ2n) is 7.03. The largest absolute Gasteiger partial charge is 0.358 e. The van der Waals surface area contributed by atoms with Gasteiger partial charge in [-0.3, -0.25) is 0 Å². The summed E-state index contributed by atoms with van der Waals surface area (Å²) in [6.07, 6.45) is 3.72. The molecule has 0 saturated heterocycles. The van der Waals surface area contributed by atoms with E-state index in [-0.39, 0.29) is 0 Å². The van der Waals surface area contributed by atoms with Gasteiger partial charge in [0.05, 0.1) is 0 Å². The minimum Gasteiger partial charge on any atom is -0.358 e. The minimum absolute atomic E-state index is 0.405. The predicted octanol–water partition coefficient (Wildman–Crippen LogP) is 5.39. The molecule has 0 amide bonds. The van der Waals surface area contributed by atoms with Crippen molar-refractivity contribution in [2.24, 2.45) is 11.3 Å². The lowest BCUT2D eigenvalue weighted by atomic mass is 9.71. The van der Waals surface area contributed by atoms with Crippen molar-refractivity contribution in [3.63, 3.8) is 0 Å².